The maximum atomic E-state index is 5.40. The predicted molar refractivity (Wildman–Crippen MR) is 68.3 cm³/mol. The molecule has 1 atom stereocenters. The van der Waals surface area contributed by atoms with E-state index in [2.05, 4.69) is 35.2 Å². The summed E-state index contributed by atoms with van der Waals surface area (Å²) in [6.07, 6.45) is 0.864. The van der Waals surface area contributed by atoms with Crippen molar-refractivity contribution in [3.05, 3.63) is 21.3 Å². The van der Waals surface area contributed by atoms with Crippen LogP contribution in [-0.2, 0) is 6.42 Å². The Kier molecular flexibility index (Phi) is 4.66. The number of ether oxygens (including phenoxy) is 2. The third kappa shape index (κ3) is 2.98. The molecule has 3 N–H and O–H groups in total. The van der Waals surface area contributed by atoms with Crippen molar-refractivity contribution in [1.82, 2.24) is 0 Å². The van der Waals surface area contributed by atoms with Gasteiger partial charge in [0.1, 0.15) is 11.5 Å². The zero-order chi connectivity index (χ0) is 11.4. The molecule has 15 heavy (non-hydrogen) atoms. The van der Waals surface area contributed by atoms with Crippen LogP contribution in [0.25, 0.3) is 0 Å². The van der Waals surface area contributed by atoms with Gasteiger partial charge < -0.3 is 15.2 Å². The van der Waals surface area contributed by atoms with Crippen LogP contribution in [0.3, 0.4) is 0 Å². The Morgan fingerprint density at radius 2 is 2.00 bits per heavy atom. The number of halogens is 1. The summed E-state index contributed by atoms with van der Waals surface area (Å²) in [6, 6.07) is 4.31. The van der Waals surface area contributed by atoms with Crippen molar-refractivity contribution in [1.29, 1.82) is 0 Å². The molecule has 0 saturated heterocycles. The van der Waals surface area contributed by atoms with Crippen LogP contribution < -0.4 is 15.2 Å². The first-order chi connectivity index (χ1) is 7.10. The minimum Gasteiger partial charge on any atom is -0.496 e. The number of rotatable bonds is 4. The predicted octanol–water partition coefficient (Wildman–Crippen LogP) is 1.48. The van der Waals surface area contributed by atoms with Gasteiger partial charge in [-0.2, -0.15) is 0 Å². The maximum absolute atomic E-state index is 5.40. The lowest BCUT2D eigenvalue weighted by Crippen LogP contribution is -2.60. The summed E-state index contributed by atoms with van der Waals surface area (Å²) in [4.78, 5) is 0. The average molecular weight is 322 g/mol. The topological polar surface area (TPSA) is 46.1 Å². The SMILES string of the molecule is COc1ccc(I)c(OC)c1CC(C)[NH3+]. The van der Waals surface area contributed by atoms with E-state index in [0.717, 1.165) is 27.1 Å². The first kappa shape index (κ1) is 12.6. The van der Waals surface area contributed by atoms with Crippen molar-refractivity contribution in [2.45, 2.75) is 19.4 Å². The van der Waals surface area contributed by atoms with Crippen molar-refractivity contribution >= 4 is 22.6 Å². The molecule has 0 radical (unpaired) electrons. The number of benzene rings is 1. The molecule has 0 aliphatic carbocycles. The zero-order valence-corrected chi connectivity index (χ0v) is 11.5. The highest BCUT2D eigenvalue weighted by molar-refractivity contribution is 14.1. The molecule has 0 aliphatic rings. The van der Waals surface area contributed by atoms with Gasteiger partial charge in [0.25, 0.3) is 0 Å². The number of hydrogen-bond donors (Lipinski definition) is 1. The molecule has 4 heteroatoms. The lowest BCUT2D eigenvalue weighted by molar-refractivity contribution is -0.413. The van der Waals surface area contributed by atoms with E-state index in [0.29, 0.717) is 6.04 Å². The van der Waals surface area contributed by atoms with E-state index in [-0.39, 0.29) is 0 Å². The van der Waals surface area contributed by atoms with Gasteiger partial charge in [0, 0.05) is 12.0 Å². The summed E-state index contributed by atoms with van der Waals surface area (Å²) in [5, 5.41) is 0. The van der Waals surface area contributed by atoms with Gasteiger partial charge in [0.2, 0.25) is 0 Å². The van der Waals surface area contributed by atoms with Gasteiger partial charge in [0.15, 0.2) is 0 Å². The highest BCUT2D eigenvalue weighted by atomic mass is 127. The Labute approximate surface area is 104 Å². The van der Waals surface area contributed by atoms with Crippen molar-refractivity contribution < 1.29 is 15.2 Å². The van der Waals surface area contributed by atoms with Crippen LogP contribution in [0, 0.1) is 3.57 Å². The van der Waals surface area contributed by atoms with Gasteiger partial charge in [-0.25, -0.2) is 0 Å². The number of quaternary nitrogens is 1. The van der Waals surface area contributed by atoms with Crippen molar-refractivity contribution in [3.8, 4) is 11.5 Å². The van der Waals surface area contributed by atoms with Crippen LogP contribution in [0.1, 0.15) is 12.5 Å². The van der Waals surface area contributed by atoms with Gasteiger partial charge in [-0.1, -0.05) is 0 Å². The number of hydrogen-bond acceptors (Lipinski definition) is 2. The summed E-state index contributed by atoms with van der Waals surface area (Å²) >= 11 is 2.26. The fourth-order valence-electron chi connectivity index (χ4n) is 1.53. The van der Waals surface area contributed by atoms with Crippen LogP contribution in [0.2, 0.25) is 0 Å². The van der Waals surface area contributed by atoms with Crippen LogP contribution in [0.15, 0.2) is 12.1 Å². The Bertz CT molecular complexity index is 340. The van der Waals surface area contributed by atoms with Crippen LogP contribution >= 0.6 is 22.6 Å². The van der Waals surface area contributed by atoms with Gasteiger partial charge in [-0.15, -0.1) is 0 Å². The average Bonchev–Trinajstić information content (AvgIpc) is 2.18. The molecule has 1 aromatic carbocycles. The molecular formula is C11H17INO2+. The Hall–Kier alpha value is -0.490. The van der Waals surface area contributed by atoms with E-state index < -0.39 is 0 Å². The van der Waals surface area contributed by atoms with Crippen molar-refractivity contribution in [2.24, 2.45) is 0 Å². The molecule has 3 nitrogen and oxygen atoms in total. The molecule has 1 aromatic rings. The van der Waals surface area contributed by atoms with Crippen LogP contribution in [0.4, 0.5) is 0 Å². The third-order valence-corrected chi connectivity index (χ3v) is 3.00. The summed E-state index contributed by atoms with van der Waals surface area (Å²) < 4.78 is 11.8. The molecular weight excluding hydrogens is 305 g/mol. The van der Waals surface area contributed by atoms with E-state index >= 15 is 0 Å². The molecule has 0 aromatic heterocycles. The Balaban J connectivity index is 3.21. The molecule has 1 rings (SSSR count). The first-order valence-electron chi connectivity index (χ1n) is 4.82. The monoisotopic (exact) mass is 322 g/mol. The van der Waals surface area contributed by atoms with E-state index in [1.807, 2.05) is 12.1 Å². The lowest BCUT2D eigenvalue weighted by atomic mass is 10.1. The fourth-order valence-corrected chi connectivity index (χ4v) is 2.26. The summed E-state index contributed by atoms with van der Waals surface area (Å²) in [7, 11) is 3.37. The van der Waals surface area contributed by atoms with E-state index in [9.17, 15) is 0 Å². The van der Waals surface area contributed by atoms with Gasteiger partial charge >= 0.3 is 0 Å². The Morgan fingerprint density at radius 1 is 1.33 bits per heavy atom. The minimum absolute atomic E-state index is 0.339. The van der Waals surface area contributed by atoms with Crippen LogP contribution in [0.5, 0.6) is 11.5 Å². The van der Waals surface area contributed by atoms with E-state index in [1.165, 1.54) is 0 Å². The molecule has 0 spiro atoms. The number of methoxy groups -OCH3 is 2. The highest BCUT2D eigenvalue weighted by Crippen LogP contribution is 2.33. The maximum Gasteiger partial charge on any atom is 0.139 e. The van der Waals surface area contributed by atoms with Gasteiger partial charge in [-0.05, 0) is 41.6 Å². The summed E-state index contributed by atoms with van der Waals surface area (Å²) in [5.74, 6) is 1.79. The molecule has 0 fully saturated rings. The normalized spacial score (nSPS) is 12.3. The van der Waals surface area contributed by atoms with E-state index in [4.69, 9.17) is 9.47 Å². The molecule has 0 saturated carbocycles. The Morgan fingerprint density at radius 3 is 2.47 bits per heavy atom. The minimum atomic E-state index is 0.339. The van der Waals surface area contributed by atoms with E-state index in [1.54, 1.807) is 14.2 Å². The highest BCUT2D eigenvalue weighted by Gasteiger charge is 2.15. The smallest absolute Gasteiger partial charge is 0.139 e. The summed E-state index contributed by atoms with van der Waals surface area (Å²) in [6.45, 7) is 2.08. The van der Waals surface area contributed by atoms with Crippen molar-refractivity contribution in [2.75, 3.05) is 14.2 Å². The second-order valence-corrected chi connectivity index (χ2v) is 4.73. The molecule has 84 valence electrons. The molecule has 0 heterocycles. The third-order valence-electron chi connectivity index (χ3n) is 2.15. The largest absolute Gasteiger partial charge is 0.496 e. The fraction of sp³-hybridized carbons (Fsp3) is 0.455. The second kappa shape index (κ2) is 5.55. The first-order valence-corrected chi connectivity index (χ1v) is 5.90. The second-order valence-electron chi connectivity index (χ2n) is 3.57. The quantitative estimate of drug-likeness (QED) is 0.854. The molecule has 0 amide bonds. The van der Waals surface area contributed by atoms with Gasteiger partial charge in [0.05, 0.1) is 23.8 Å². The van der Waals surface area contributed by atoms with Gasteiger partial charge in [-0.3, -0.25) is 0 Å². The molecule has 0 bridgehead atoms. The van der Waals surface area contributed by atoms with Crippen molar-refractivity contribution in [3.63, 3.8) is 0 Å². The molecule has 0 aliphatic heterocycles. The zero-order valence-electron chi connectivity index (χ0n) is 9.34. The lowest BCUT2D eigenvalue weighted by Gasteiger charge is -2.15. The van der Waals surface area contributed by atoms with Crippen LogP contribution in [-0.4, -0.2) is 20.3 Å². The molecule has 1 unspecified atom stereocenters. The summed E-state index contributed by atoms with van der Waals surface area (Å²) in [5.41, 5.74) is 5.11. The standard InChI is InChI=1S/C11H16INO2/c1-7(13)6-8-10(14-2)5-4-9(12)11(8)15-3/h4-5,7H,6,13H2,1-3H3/p+1.